The molecule has 1 saturated heterocycles. The van der Waals surface area contributed by atoms with Crippen molar-refractivity contribution in [3.63, 3.8) is 0 Å². The molecular formula is C27H34O5Si. The summed E-state index contributed by atoms with van der Waals surface area (Å²) in [4.78, 5) is 11.7. The SMILES string of the molecule is CC(=O)OC(C#CCO[Si](c1ccccc1)(c1ccccc1)C(C)(C)C)[C@H]1COC(C)(C)O1. The van der Waals surface area contributed by atoms with Crippen LogP contribution in [0, 0.1) is 11.8 Å². The lowest BCUT2D eigenvalue weighted by Gasteiger charge is -2.42. The zero-order valence-electron chi connectivity index (χ0n) is 20.4. The fraction of sp³-hybridized carbons (Fsp3) is 0.444. The smallest absolute Gasteiger partial charge is 0.303 e. The van der Waals surface area contributed by atoms with Crippen LogP contribution in [0.2, 0.25) is 5.04 Å². The van der Waals surface area contributed by atoms with E-state index < -0.39 is 32.3 Å². The fourth-order valence-electron chi connectivity index (χ4n) is 4.29. The van der Waals surface area contributed by atoms with E-state index in [4.69, 9.17) is 18.6 Å². The number of carbonyl (C=O) groups is 1. The van der Waals surface area contributed by atoms with Crippen LogP contribution in [0.1, 0.15) is 41.5 Å². The van der Waals surface area contributed by atoms with Gasteiger partial charge in [-0.3, -0.25) is 4.79 Å². The summed E-state index contributed by atoms with van der Waals surface area (Å²) in [7, 11) is -2.67. The van der Waals surface area contributed by atoms with Crippen molar-refractivity contribution in [2.75, 3.05) is 13.2 Å². The Morgan fingerprint density at radius 2 is 1.64 bits per heavy atom. The molecule has 2 atom stereocenters. The highest BCUT2D eigenvalue weighted by Gasteiger charge is 2.50. The Labute approximate surface area is 198 Å². The Hall–Kier alpha value is -2.43. The fourth-order valence-corrected chi connectivity index (χ4v) is 8.73. The minimum atomic E-state index is -2.67. The van der Waals surface area contributed by atoms with E-state index in [2.05, 4.69) is 81.1 Å². The summed E-state index contributed by atoms with van der Waals surface area (Å²) in [5.41, 5.74) is 0. The van der Waals surface area contributed by atoms with Crippen LogP contribution < -0.4 is 10.4 Å². The second-order valence-electron chi connectivity index (χ2n) is 9.67. The van der Waals surface area contributed by atoms with Crippen molar-refractivity contribution in [2.24, 2.45) is 0 Å². The number of esters is 1. The summed E-state index contributed by atoms with van der Waals surface area (Å²) in [6.45, 7) is 12.2. The van der Waals surface area contributed by atoms with Crippen LogP contribution in [-0.4, -0.2) is 45.5 Å². The van der Waals surface area contributed by atoms with Crippen LogP contribution in [0.25, 0.3) is 0 Å². The molecule has 1 unspecified atom stereocenters. The summed E-state index contributed by atoms with van der Waals surface area (Å²) < 4.78 is 23.7. The third-order valence-electron chi connectivity index (χ3n) is 5.68. The van der Waals surface area contributed by atoms with Crippen LogP contribution in [0.5, 0.6) is 0 Å². The molecule has 1 aliphatic heterocycles. The second kappa shape index (κ2) is 10.2. The van der Waals surface area contributed by atoms with Gasteiger partial charge in [0.05, 0.1) is 13.2 Å². The summed E-state index contributed by atoms with van der Waals surface area (Å²) >= 11 is 0. The van der Waals surface area contributed by atoms with Gasteiger partial charge in [0, 0.05) is 6.92 Å². The molecule has 0 radical (unpaired) electrons. The Bertz CT molecular complexity index is 946. The molecule has 0 amide bonds. The van der Waals surface area contributed by atoms with Crippen molar-refractivity contribution in [1.29, 1.82) is 0 Å². The Morgan fingerprint density at radius 1 is 1.09 bits per heavy atom. The molecule has 0 bridgehead atoms. The number of hydrogen-bond acceptors (Lipinski definition) is 5. The van der Waals surface area contributed by atoms with E-state index in [1.165, 1.54) is 17.3 Å². The zero-order valence-corrected chi connectivity index (χ0v) is 21.4. The topological polar surface area (TPSA) is 54.0 Å². The highest BCUT2D eigenvalue weighted by atomic mass is 28.4. The lowest BCUT2D eigenvalue weighted by molar-refractivity contribution is -0.163. The number of ether oxygens (including phenoxy) is 3. The van der Waals surface area contributed by atoms with E-state index in [-0.39, 0.29) is 11.6 Å². The summed E-state index contributed by atoms with van der Waals surface area (Å²) in [5, 5.41) is 2.24. The predicted molar refractivity (Wildman–Crippen MR) is 132 cm³/mol. The molecule has 0 aromatic heterocycles. The number of rotatable bonds is 6. The largest absolute Gasteiger partial charge is 0.446 e. The van der Waals surface area contributed by atoms with Gasteiger partial charge in [-0.1, -0.05) is 93.3 Å². The lowest BCUT2D eigenvalue weighted by atomic mass is 10.2. The molecule has 5 nitrogen and oxygen atoms in total. The quantitative estimate of drug-likeness (QED) is 0.370. The molecule has 33 heavy (non-hydrogen) atoms. The Balaban J connectivity index is 1.91. The second-order valence-corrected chi connectivity index (χ2v) is 14.0. The van der Waals surface area contributed by atoms with Gasteiger partial charge in [-0.15, -0.1) is 0 Å². The molecule has 1 fully saturated rings. The van der Waals surface area contributed by atoms with E-state index in [9.17, 15) is 4.79 Å². The van der Waals surface area contributed by atoms with Crippen molar-refractivity contribution in [2.45, 2.75) is 64.6 Å². The lowest BCUT2D eigenvalue weighted by Crippen LogP contribution is -2.66. The van der Waals surface area contributed by atoms with Crippen LogP contribution in [0.4, 0.5) is 0 Å². The normalized spacial score (nSPS) is 18.8. The predicted octanol–water partition coefficient (Wildman–Crippen LogP) is 3.65. The third kappa shape index (κ3) is 5.93. The highest BCUT2D eigenvalue weighted by Crippen LogP contribution is 2.36. The molecule has 2 aromatic carbocycles. The van der Waals surface area contributed by atoms with Crippen molar-refractivity contribution in [3.05, 3.63) is 60.7 Å². The summed E-state index contributed by atoms with van der Waals surface area (Å²) in [5.74, 6) is 5.04. The van der Waals surface area contributed by atoms with Crippen molar-refractivity contribution in [1.82, 2.24) is 0 Å². The van der Waals surface area contributed by atoms with Gasteiger partial charge in [-0.25, -0.2) is 0 Å². The van der Waals surface area contributed by atoms with Gasteiger partial charge >= 0.3 is 5.97 Å². The van der Waals surface area contributed by atoms with Gasteiger partial charge in [0.1, 0.15) is 6.10 Å². The molecule has 0 N–H and O–H groups in total. The first-order valence-corrected chi connectivity index (χ1v) is 13.2. The summed E-state index contributed by atoms with van der Waals surface area (Å²) in [6, 6.07) is 20.8. The van der Waals surface area contributed by atoms with Gasteiger partial charge in [-0.05, 0) is 29.3 Å². The van der Waals surface area contributed by atoms with E-state index >= 15 is 0 Å². The maximum Gasteiger partial charge on any atom is 0.303 e. The minimum Gasteiger partial charge on any atom is -0.446 e. The van der Waals surface area contributed by atoms with Crippen molar-refractivity contribution < 1.29 is 23.4 Å². The minimum absolute atomic E-state index is 0.140. The first kappa shape index (κ1) is 25.2. The average Bonchev–Trinajstić information content (AvgIpc) is 3.12. The maximum absolute atomic E-state index is 11.7. The molecule has 0 aliphatic carbocycles. The first-order valence-electron chi connectivity index (χ1n) is 11.3. The molecule has 1 aliphatic rings. The molecule has 0 saturated carbocycles. The molecule has 3 rings (SSSR count). The van der Waals surface area contributed by atoms with Gasteiger partial charge in [0.15, 0.2) is 11.9 Å². The van der Waals surface area contributed by atoms with Crippen molar-refractivity contribution >= 4 is 24.7 Å². The van der Waals surface area contributed by atoms with Crippen LogP contribution in [0.3, 0.4) is 0 Å². The van der Waals surface area contributed by atoms with E-state index in [0.717, 1.165) is 0 Å². The van der Waals surface area contributed by atoms with Gasteiger partial charge in [0.2, 0.25) is 0 Å². The maximum atomic E-state index is 11.7. The molecule has 176 valence electrons. The number of benzene rings is 2. The van der Waals surface area contributed by atoms with Gasteiger partial charge < -0.3 is 18.6 Å². The van der Waals surface area contributed by atoms with Crippen LogP contribution >= 0.6 is 0 Å². The monoisotopic (exact) mass is 466 g/mol. The zero-order chi connectivity index (χ0) is 24.1. The first-order chi connectivity index (χ1) is 15.6. The third-order valence-corrected chi connectivity index (χ3v) is 10.7. The molecular weight excluding hydrogens is 432 g/mol. The van der Waals surface area contributed by atoms with Gasteiger partial charge in [0.25, 0.3) is 8.32 Å². The molecule has 1 heterocycles. The highest BCUT2D eigenvalue weighted by molar-refractivity contribution is 6.99. The molecule has 0 spiro atoms. The van der Waals surface area contributed by atoms with Crippen molar-refractivity contribution in [3.8, 4) is 11.8 Å². The van der Waals surface area contributed by atoms with E-state index in [0.29, 0.717) is 6.61 Å². The van der Waals surface area contributed by atoms with Crippen LogP contribution in [-0.2, 0) is 23.4 Å². The molecule has 6 heteroatoms. The average molecular weight is 467 g/mol. The van der Waals surface area contributed by atoms with Gasteiger partial charge in [-0.2, -0.15) is 0 Å². The Morgan fingerprint density at radius 3 is 2.06 bits per heavy atom. The standard InChI is InChI=1S/C27H34O5Si/c1-21(28)31-24(25-20-29-27(5,6)32-25)18-13-19-30-33(26(2,3)4,22-14-9-7-10-15-22)23-16-11-8-12-17-23/h7-12,14-17,24-25H,19-20H2,1-6H3/t24?,25-/m1/s1. The Kier molecular flexibility index (Phi) is 7.81. The van der Waals surface area contributed by atoms with Crippen LogP contribution in [0.15, 0.2) is 60.7 Å². The number of hydrogen-bond donors (Lipinski definition) is 0. The van der Waals surface area contributed by atoms with E-state index in [1.807, 2.05) is 26.0 Å². The molecule has 2 aromatic rings. The van der Waals surface area contributed by atoms with E-state index in [1.54, 1.807) is 0 Å². The number of carbonyl (C=O) groups excluding carboxylic acids is 1. The summed E-state index contributed by atoms with van der Waals surface area (Å²) in [6.07, 6.45) is -1.16.